The quantitative estimate of drug-likeness (QED) is 0.256. The Kier molecular flexibility index (Phi) is 8.54. The second kappa shape index (κ2) is 10.9. The number of H-pyrrole nitrogens is 2. The van der Waals surface area contributed by atoms with Crippen molar-refractivity contribution in [2.75, 3.05) is 0 Å². The molecule has 0 aliphatic rings. The molecule has 164 valence electrons. The molecule has 8 nitrogen and oxygen atoms in total. The van der Waals surface area contributed by atoms with Gasteiger partial charge in [-0.15, -0.1) is 0 Å². The topological polar surface area (TPSA) is 164 Å². The zero-order valence-electron chi connectivity index (χ0n) is 16.4. The Bertz CT molecular complexity index is 1080. The minimum atomic E-state index is -1.22. The summed E-state index contributed by atoms with van der Waals surface area (Å²) in [5.74, 6) is -2.44. The number of aromatic nitrogens is 2. The number of aromatic amines is 2. The van der Waals surface area contributed by atoms with Gasteiger partial charge < -0.3 is 41.2 Å². The van der Waals surface area contributed by atoms with Gasteiger partial charge in [0.2, 0.25) is 0 Å². The van der Waals surface area contributed by atoms with E-state index >= 15 is 0 Å². The van der Waals surface area contributed by atoms with Gasteiger partial charge in [0, 0.05) is 46.3 Å². The zero-order chi connectivity index (χ0) is 21.7. The van der Waals surface area contributed by atoms with Crippen molar-refractivity contribution in [1.82, 2.24) is 9.97 Å². The fourth-order valence-corrected chi connectivity index (χ4v) is 3.24. The number of nitrogens with one attached hydrogen (secondary N) is 2. The average Bonchev–Trinajstić information content (AvgIpc) is 3.33. The Morgan fingerprint density at radius 2 is 1.10 bits per heavy atom. The number of nitrogens with two attached hydrogens (primary N) is 2. The molecule has 0 aliphatic carbocycles. The van der Waals surface area contributed by atoms with Crippen LogP contribution < -0.4 is 21.7 Å². The molecule has 31 heavy (non-hydrogen) atoms. The first-order valence-electron chi connectivity index (χ1n) is 9.39. The molecule has 0 saturated heterocycles. The summed E-state index contributed by atoms with van der Waals surface area (Å²) >= 11 is 0. The fraction of sp³-hybridized carbons (Fsp3) is 0.182. The number of hydrogen-bond donors (Lipinski definition) is 4. The Hall–Kier alpha value is -2.96. The third-order valence-corrected chi connectivity index (χ3v) is 4.83. The second-order valence-corrected chi connectivity index (χ2v) is 6.98. The van der Waals surface area contributed by atoms with E-state index in [2.05, 4.69) is 9.97 Å². The molecule has 0 bridgehead atoms. The largest absolute Gasteiger partial charge is 2.00 e. The molecule has 4 aromatic rings. The molecule has 0 amide bonds. The molecule has 9 heteroatoms. The molecule has 0 aliphatic heterocycles. The van der Waals surface area contributed by atoms with E-state index in [-0.39, 0.29) is 33.3 Å². The monoisotopic (exact) mass is 512 g/mol. The molecule has 0 spiro atoms. The number of carboxylic acid groups (broad SMARTS) is 2. The summed E-state index contributed by atoms with van der Waals surface area (Å²) in [6.07, 6.45) is 4.14. The molecule has 2 aromatic carbocycles. The van der Waals surface area contributed by atoms with E-state index in [0.29, 0.717) is 0 Å². The van der Waals surface area contributed by atoms with Crippen LogP contribution in [-0.2, 0) is 42.9 Å². The summed E-state index contributed by atoms with van der Waals surface area (Å²) in [7, 11) is 0. The van der Waals surface area contributed by atoms with E-state index in [1.54, 1.807) is 12.4 Å². The molecule has 0 unspecified atom stereocenters. The van der Waals surface area contributed by atoms with E-state index in [0.717, 1.165) is 32.9 Å². The molecular weight excluding hydrogens is 491 g/mol. The average molecular weight is 513 g/mol. The molecule has 2 heterocycles. The summed E-state index contributed by atoms with van der Waals surface area (Å²) < 4.78 is 0. The SMILES string of the molecule is N[C@@H](Cc1c[nH]c2ccccc12)C(=O)[O-].N[C@@H](Cc1c[nH]c2ccccc12)C(=O)[O-].[Pd+2]. The van der Waals surface area contributed by atoms with Crippen molar-refractivity contribution in [3.8, 4) is 0 Å². The van der Waals surface area contributed by atoms with Gasteiger partial charge in [0.1, 0.15) is 0 Å². The van der Waals surface area contributed by atoms with Gasteiger partial charge in [-0.25, -0.2) is 0 Å². The number of carbonyl (C=O) groups is 2. The van der Waals surface area contributed by atoms with Crippen molar-refractivity contribution in [1.29, 1.82) is 0 Å². The van der Waals surface area contributed by atoms with E-state index in [1.165, 1.54) is 0 Å². The summed E-state index contributed by atoms with van der Waals surface area (Å²) in [6.45, 7) is 0. The van der Waals surface area contributed by atoms with Crippen LogP contribution >= 0.6 is 0 Å². The van der Waals surface area contributed by atoms with Crippen molar-refractivity contribution in [2.45, 2.75) is 24.9 Å². The molecule has 0 saturated carbocycles. The summed E-state index contributed by atoms with van der Waals surface area (Å²) in [5.41, 5.74) is 14.6. The van der Waals surface area contributed by atoms with E-state index < -0.39 is 24.0 Å². The molecule has 6 N–H and O–H groups in total. The van der Waals surface area contributed by atoms with Gasteiger partial charge in [0.05, 0.1) is 11.9 Å². The van der Waals surface area contributed by atoms with Crippen LogP contribution in [0.15, 0.2) is 60.9 Å². The number of rotatable bonds is 6. The normalized spacial score (nSPS) is 12.5. The molecule has 2 atom stereocenters. The minimum Gasteiger partial charge on any atom is -0.548 e. The van der Waals surface area contributed by atoms with Gasteiger partial charge in [0.15, 0.2) is 0 Å². The summed E-state index contributed by atoms with van der Waals surface area (Å²) in [6, 6.07) is 13.5. The van der Waals surface area contributed by atoms with E-state index in [1.807, 2.05) is 48.5 Å². The fourth-order valence-electron chi connectivity index (χ4n) is 3.24. The standard InChI is InChI=1S/2C11H12N2O2.Pd/c2*12-9(11(14)15)5-7-6-13-10-4-2-1-3-8(7)10;/h2*1-4,6,9,13H,5,12H2,(H,14,15);/q;;+2/p-2/t2*9-;/m00./s1. The number of fused-ring (bicyclic) bond motifs is 2. The molecule has 0 radical (unpaired) electrons. The molecule has 4 rings (SSSR count). The van der Waals surface area contributed by atoms with Crippen LogP contribution in [-0.4, -0.2) is 34.0 Å². The van der Waals surface area contributed by atoms with Crippen molar-refractivity contribution in [3.05, 3.63) is 72.1 Å². The van der Waals surface area contributed by atoms with Gasteiger partial charge in [-0.2, -0.15) is 0 Å². The third kappa shape index (κ3) is 6.03. The molecule has 2 aromatic heterocycles. The van der Waals surface area contributed by atoms with Gasteiger partial charge in [0.25, 0.3) is 0 Å². The number of carbonyl (C=O) groups excluding carboxylic acids is 2. The predicted molar refractivity (Wildman–Crippen MR) is 110 cm³/mol. The van der Waals surface area contributed by atoms with E-state index in [9.17, 15) is 19.8 Å². The first kappa shape index (κ1) is 24.3. The number of carboxylic acids is 2. The van der Waals surface area contributed by atoms with Crippen LogP contribution in [0.3, 0.4) is 0 Å². The van der Waals surface area contributed by atoms with Crippen molar-refractivity contribution in [2.24, 2.45) is 11.5 Å². The van der Waals surface area contributed by atoms with E-state index in [4.69, 9.17) is 11.5 Å². The first-order valence-corrected chi connectivity index (χ1v) is 9.39. The van der Waals surface area contributed by atoms with Crippen molar-refractivity contribution in [3.63, 3.8) is 0 Å². The van der Waals surface area contributed by atoms with Gasteiger partial charge in [-0.1, -0.05) is 36.4 Å². The minimum absolute atomic E-state index is 0. The van der Waals surface area contributed by atoms with Gasteiger partial charge in [-0.3, -0.25) is 0 Å². The van der Waals surface area contributed by atoms with Crippen LogP contribution in [0.4, 0.5) is 0 Å². The van der Waals surface area contributed by atoms with Crippen LogP contribution in [0.25, 0.3) is 21.8 Å². The van der Waals surface area contributed by atoms with Crippen LogP contribution in [0.2, 0.25) is 0 Å². The molecular formula is C22H22N4O4Pd. The van der Waals surface area contributed by atoms with Gasteiger partial charge >= 0.3 is 20.4 Å². The Morgan fingerprint density at radius 3 is 1.45 bits per heavy atom. The maximum absolute atomic E-state index is 10.5. The zero-order valence-corrected chi connectivity index (χ0v) is 18.0. The molecule has 0 fully saturated rings. The maximum atomic E-state index is 10.5. The Labute approximate surface area is 192 Å². The first-order chi connectivity index (χ1) is 14.4. The second-order valence-electron chi connectivity index (χ2n) is 6.98. The number of hydrogen-bond acceptors (Lipinski definition) is 6. The number of benzene rings is 2. The van der Waals surface area contributed by atoms with Crippen LogP contribution in [0, 0.1) is 0 Å². The van der Waals surface area contributed by atoms with Crippen LogP contribution in [0.1, 0.15) is 11.1 Å². The Morgan fingerprint density at radius 1 is 0.742 bits per heavy atom. The van der Waals surface area contributed by atoms with Gasteiger partial charge in [-0.05, 0) is 36.1 Å². The third-order valence-electron chi connectivity index (χ3n) is 4.83. The predicted octanol–water partition coefficient (Wildman–Crippen LogP) is -0.427. The Balaban J connectivity index is 0.000000213. The summed E-state index contributed by atoms with van der Waals surface area (Å²) in [4.78, 5) is 27.2. The van der Waals surface area contributed by atoms with Crippen LogP contribution in [0.5, 0.6) is 0 Å². The smallest absolute Gasteiger partial charge is 0.548 e. The number of aliphatic carboxylic acids is 2. The number of para-hydroxylation sites is 2. The summed E-state index contributed by atoms with van der Waals surface area (Å²) in [5, 5.41) is 23.0. The van der Waals surface area contributed by atoms with Crippen molar-refractivity contribution >= 4 is 33.7 Å². The van der Waals surface area contributed by atoms with Crippen molar-refractivity contribution < 1.29 is 40.2 Å². The maximum Gasteiger partial charge on any atom is 2.00 e.